The van der Waals surface area contributed by atoms with Gasteiger partial charge in [-0.2, -0.15) is 0 Å². The lowest BCUT2D eigenvalue weighted by Crippen LogP contribution is -2.36. The van der Waals surface area contributed by atoms with Gasteiger partial charge >= 0.3 is 0 Å². The van der Waals surface area contributed by atoms with Crippen LogP contribution in [0.15, 0.2) is 0 Å². The molecule has 3 heteroatoms. The molecule has 0 saturated heterocycles. The lowest BCUT2D eigenvalue weighted by Gasteiger charge is -2.31. The number of aliphatic hydroxyl groups excluding tert-OH is 3. The van der Waals surface area contributed by atoms with Gasteiger partial charge in [0.15, 0.2) is 0 Å². The Morgan fingerprint density at radius 2 is 1.85 bits per heavy atom. The van der Waals surface area contributed by atoms with E-state index in [-0.39, 0.29) is 12.0 Å². The van der Waals surface area contributed by atoms with Crippen molar-refractivity contribution in [3.63, 3.8) is 0 Å². The molecule has 4 unspecified atom stereocenters. The Kier molecular flexibility index (Phi) is 4.16. The average Bonchev–Trinajstić information content (AvgIpc) is 2.03. The van der Waals surface area contributed by atoms with Crippen molar-refractivity contribution in [2.45, 2.75) is 57.3 Å². The summed E-state index contributed by atoms with van der Waals surface area (Å²) in [5.74, 6) is -0.0247. The van der Waals surface area contributed by atoms with Gasteiger partial charge in [-0.25, -0.2) is 0 Å². The molecule has 0 radical (unpaired) electrons. The normalized spacial score (nSPS) is 34.2. The minimum absolute atomic E-state index is 0.0247. The molecular weight excluding hydrogens is 168 g/mol. The smallest absolute Gasteiger partial charge is 0.0617 e. The maximum Gasteiger partial charge on any atom is 0.0617 e. The van der Waals surface area contributed by atoms with E-state index in [2.05, 4.69) is 0 Å². The summed E-state index contributed by atoms with van der Waals surface area (Å²) in [4.78, 5) is 0. The summed E-state index contributed by atoms with van der Waals surface area (Å²) < 4.78 is 0. The SMILES string of the molecule is CC(O)CC(O)C1CCCCC1O. The monoisotopic (exact) mass is 188 g/mol. The highest BCUT2D eigenvalue weighted by Crippen LogP contribution is 2.28. The summed E-state index contributed by atoms with van der Waals surface area (Å²) in [5.41, 5.74) is 0. The van der Waals surface area contributed by atoms with Gasteiger partial charge in [0.1, 0.15) is 0 Å². The van der Waals surface area contributed by atoms with Crippen LogP contribution < -0.4 is 0 Å². The Morgan fingerprint density at radius 3 is 2.38 bits per heavy atom. The van der Waals surface area contributed by atoms with Crippen molar-refractivity contribution in [3.05, 3.63) is 0 Å². The maximum absolute atomic E-state index is 9.69. The summed E-state index contributed by atoms with van der Waals surface area (Å²) in [7, 11) is 0. The summed E-state index contributed by atoms with van der Waals surface area (Å²) >= 11 is 0. The predicted molar refractivity (Wildman–Crippen MR) is 50.3 cm³/mol. The molecule has 1 fully saturated rings. The molecule has 0 aromatic rings. The largest absolute Gasteiger partial charge is 0.393 e. The molecular formula is C10H20O3. The molecule has 1 saturated carbocycles. The zero-order valence-electron chi connectivity index (χ0n) is 8.19. The molecule has 1 rings (SSSR count). The minimum Gasteiger partial charge on any atom is -0.393 e. The standard InChI is InChI=1S/C10H20O3/c1-7(11)6-10(13)8-4-2-3-5-9(8)12/h7-13H,2-6H2,1H3. The summed E-state index contributed by atoms with van der Waals surface area (Å²) in [6, 6.07) is 0. The first-order chi connectivity index (χ1) is 6.11. The van der Waals surface area contributed by atoms with E-state index in [0.29, 0.717) is 6.42 Å². The van der Waals surface area contributed by atoms with Gasteiger partial charge in [0.25, 0.3) is 0 Å². The summed E-state index contributed by atoms with van der Waals surface area (Å²) in [5, 5.41) is 28.4. The van der Waals surface area contributed by atoms with Crippen LogP contribution in [-0.2, 0) is 0 Å². The predicted octanol–water partition coefficient (Wildman–Crippen LogP) is 0.669. The molecule has 0 aromatic heterocycles. The fourth-order valence-corrected chi connectivity index (χ4v) is 2.11. The van der Waals surface area contributed by atoms with Crippen LogP contribution in [-0.4, -0.2) is 33.6 Å². The van der Waals surface area contributed by atoms with Crippen LogP contribution in [0.5, 0.6) is 0 Å². The zero-order chi connectivity index (χ0) is 9.84. The highest BCUT2D eigenvalue weighted by Gasteiger charge is 2.29. The molecule has 1 aliphatic carbocycles. The maximum atomic E-state index is 9.69. The van der Waals surface area contributed by atoms with Gasteiger partial charge in [-0.15, -0.1) is 0 Å². The quantitative estimate of drug-likeness (QED) is 0.610. The van der Waals surface area contributed by atoms with Crippen LogP contribution in [0.4, 0.5) is 0 Å². The van der Waals surface area contributed by atoms with Crippen molar-refractivity contribution in [1.82, 2.24) is 0 Å². The topological polar surface area (TPSA) is 60.7 Å². The van der Waals surface area contributed by atoms with Crippen LogP contribution in [0.25, 0.3) is 0 Å². The fourth-order valence-electron chi connectivity index (χ4n) is 2.11. The first-order valence-corrected chi connectivity index (χ1v) is 5.15. The molecule has 3 nitrogen and oxygen atoms in total. The number of hydrogen-bond donors (Lipinski definition) is 3. The molecule has 78 valence electrons. The van der Waals surface area contributed by atoms with Gasteiger partial charge < -0.3 is 15.3 Å². The molecule has 0 aromatic carbocycles. The molecule has 0 amide bonds. The van der Waals surface area contributed by atoms with E-state index in [1.807, 2.05) is 0 Å². The van der Waals surface area contributed by atoms with Crippen molar-refractivity contribution in [2.75, 3.05) is 0 Å². The Labute approximate surface area is 79.4 Å². The van der Waals surface area contributed by atoms with E-state index in [0.717, 1.165) is 25.7 Å². The zero-order valence-corrected chi connectivity index (χ0v) is 8.19. The van der Waals surface area contributed by atoms with Crippen molar-refractivity contribution in [3.8, 4) is 0 Å². The molecule has 1 aliphatic rings. The third-order valence-electron chi connectivity index (χ3n) is 2.86. The molecule has 0 aliphatic heterocycles. The minimum atomic E-state index is -0.546. The van der Waals surface area contributed by atoms with Crippen molar-refractivity contribution in [1.29, 1.82) is 0 Å². The first kappa shape index (κ1) is 11.0. The summed E-state index contributed by atoms with van der Waals surface area (Å²) in [6.07, 6.45) is 2.79. The molecule has 0 heterocycles. The Morgan fingerprint density at radius 1 is 1.23 bits per heavy atom. The second-order valence-corrected chi connectivity index (χ2v) is 4.17. The van der Waals surface area contributed by atoms with E-state index in [4.69, 9.17) is 5.11 Å². The second kappa shape index (κ2) is 4.94. The van der Waals surface area contributed by atoms with E-state index in [1.54, 1.807) is 6.92 Å². The van der Waals surface area contributed by atoms with Crippen molar-refractivity contribution < 1.29 is 15.3 Å². The lowest BCUT2D eigenvalue weighted by molar-refractivity contribution is -0.0303. The van der Waals surface area contributed by atoms with Gasteiger partial charge in [-0.05, 0) is 26.2 Å². The van der Waals surface area contributed by atoms with Crippen LogP contribution in [0.1, 0.15) is 39.0 Å². The highest BCUT2D eigenvalue weighted by atomic mass is 16.3. The molecule has 13 heavy (non-hydrogen) atoms. The molecule has 4 atom stereocenters. The average molecular weight is 188 g/mol. The number of aliphatic hydroxyl groups is 3. The lowest BCUT2D eigenvalue weighted by atomic mass is 9.81. The third kappa shape index (κ3) is 3.25. The Balaban J connectivity index is 2.39. The molecule has 0 spiro atoms. The van der Waals surface area contributed by atoms with Crippen LogP contribution in [0.2, 0.25) is 0 Å². The second-order valence-electron chi connectivity index (χ2n) is 4.17. The van der Waals surface area contributed by atoms with Gasteiger partial charge in [0, 0.05) is 5.92 Å². The molecule has 3 N–H and O–H groups in total. The Bertz CT molecular complexity index is 147. The highest BCUT2D eigenvalue weighted by molar-refractivity contribution is 4.81. The van der Waals surface area contributed by atoms with Gasteiger partial charge in [-0.3, -0.25) is 0 Å². The number of rotatable bonds is 3. The van der Waals surface area contributed by atoms with Gasteiger partial charge in [0.05, 0.1) is 18.3 Å². The van der Waals surface area contributed by atoms with Gasteiger partial charge in [-0.1, -0.05) is 12.8 Å². The van der Waals surface area contributed by atoms with E-state index < -0.39 is 12.2 Å². The van der Waals surface area contributed by atoms with Crippen LogP contribution in [0, 0.1) is 5.92 Å². The van der Waals surface area contributed by atoms with E-state index in [1.165, 1.54) is 0 Å². The summed E-state index contributed by atoms with van der Waals surface area (Å²) in [6.45, 7) is 1.67. The molecule has 0 bridgehead atoms. The Hall–Kier alpha value is -0.120. The van der Waals surface area contributed by atoms with Crippen molar-refractivity contribution in [2.24, 2.45) is 5.92 Å². The van der Waals surface area contributed by atoms with Gasteiger partial charge in [0.2, 0.25) is 0 Å². The fraction of sp³-hybridized carbons (Fsp3) is 1.00. The first-order valence-electron chi connectivity index (χ1n) is 5.15. The van der Waals surface area contributed by atoms with Crippen LogP contribution >= 0.6 is 0 Å². The van der Waals surface area contributed by atoms with Crippen LogP contribution in [0.3, 0.4) is 0 Å². The van der Waals surface area contributed by atoms with E-state index in [9.17, 15) is 10.2 Å². The third-order valence-corrected chi connectivity index (χ3v) is 2.86. The van der Waals surface area contributed by atoms with E-state index >= 15 is 0 Å². The van der Waals surface area contributed by atoms with Crippen molar-refractivity contribution >= 4 is 0 Å². The number of hydrogen-bond acceptors (Lipinski definition) is 3.